The lowest BCUT2D eigenvalue weighted by Crippen LogP contribution is -2.47. The van der Waals surface area contributed by atoms with Crippen LogP contribution in [0.1, 0.15) is 43.0 Å². The maximum Gasteiger partial charge on any atom is 0.224 e. The van der Waals surface area contributed by atoms with E-state index in [-0.39, 0.29) is 23.9 Å². The largest absolute Gasteiger partial charge is 0.359 e. The molecule has 126 valence electrons. The molecule has 0 saturated heterocycles. The predicted molar refractivity (Wildman–Crippen MR) is 95.5 cm³/mol. The normalized spacial score (nSPS) is 21.9. The summed E-state index contributed by atoms with van der Waals surface area (Å²) in [4.78, 5) is 16.8. The van der Waals surface area contributed by atoms with E-state index >= 15 is 0 Å². The summed E-state index contributed by atoms with van der Waals surface area (Å²) in [6.07, 6.45) is 6.07. The standard InChI is InChI=1S/C20H25N3O/c1-21-20(24)16-11-5-6-12-17(16)23-19(15-9-3-2-4-10-15)18-13-7-8-14-22-18/h2-4,7-10,13-14,16-17,19,23H,5-6,11-12H2,1H3,(H,21,24)/t16-,17+,19-/m1/s1. The molecule has 3 atom stereocenters. The van der Waals surface area contributed by atoms with Crippen LogP contribution in [0.25, 0.3) is 0 Å². The molecule has 1 aromatic carbocycles. The predicted octanol–water partition coefficient (Wildman–Crippen LogP) is 3.07. The van der Waals surface area contributed by atoms with Gasteiger partial charge in [-0.1, -0.05) is 49.2 Å². The Hall–Kier alpha value is -2.20. The summed E-state index contributed by atoms with van der Waals surface area (Å²) in [6, 6.07) is 16.5. The van der Waals surface area contributed by atoms with Crippen LogP contribution in [0.5, 0.6) is 0 Å². The number of aromatic nitrogens is 1. The fourth-order valence-electron chi connectivity index (χ4n) is 3.59. The summed E-state index contributed by atoms with van der Waals surface area (Å²) in [5.74, 6) is 0.165. The molecule has 1 fully saturated rings. The van der Waals surface area contributed by atoms with Crippen LogP contribution in [0.2, 0.25) is 0 Å². The quantitative estimate of drug-likeness (QED) is 0.889. The van der Waals surface area contributed by atoms with Crippen LogP contribution in [0.4, 0.5) is 0 Å². The molecule has 24 heavy (non-hydrogen) atoms. The van der Waals surface area contributed by atoms with Crippen molar-refractivity contribution < 1.29 is 4.79 Å². The zero-order valence-corrected chi connectivity index (χ0v) is 14.1. The first kappa shape index (κ1) is 16.7. The van der Waals surface area contributed by atoms with Crippen molar-refractivity contribution in [3.8, 4) is 0 Å². The summed E-state index contributed by atoms with van der Waals surface area (Å²) in [7, 11) is 1.72. The van der Waals surface area contributed by atoms with Crippen molar-refractivity contribution in [1.82, 2.24) is 15.6 Å². The maximum atomic E-state index is 12.3. The first-order chi connectivity index (χ1) is 11.8. The minimum absolute atomic E-state index is 0.00246. The van der Waals surface area contributed by atoms with Crippen LogP contribution < -0.4 is 10.6 Å². The number of benzene rings is 1. The lowest BCUT2D eigenvalue weighted by atomic mass is 9.83. The fourth-order valence-corrected chi connectivity index (χ4v) is 3.59. The van der Waals surface area contributed by atoms with Crippen LogP contribution in [-0.4, -0.2) is 24.0 Å². The molecule has 0 aliphatic heterocycles. The van der Waals surface area contributed by atoms with E-state index in [0.29, 0.717) is 0 Å². The van der Waals surface area contributed by atoms with Crippen molar-refractivity contribution in [1.29, 1.82) is 0 Å². The smallest absolute Gasteiger partial charge is 0.224 e. The number of carbonyl (C=O) groups excluding carboxylic acids is 1. The number of amides is 1. The van der Waals surface area contributed by atoms with Gasteiger partial charge in [0.25, 0.3) is 0 Å². The van der Waals surface area contributed by atoms with E-state index in [1.165, 1.54) is 5.56 Å². The molecule has 0 spiro atoms. The van der Waals surface area contributed by atoms with Gasteiger partial charge in [0.1, 0.15) is 0 Å². The number of carbonyl (C=O) groups is 1. The monoisotopic (exact) mass is 323 g/mol. The molecule has 2 N–H and O–H groups in total. The molecule has 0 unspecified atom stereocenters. The van der Waals surface area contributed by atoms with Gasteiger partial charge in [0.2, 0.25) is 5.91 Å². The van der Waals surface area contributed by atoms with Gasteiger partial charge in [-0.3, -0.25) is 9.78 Å². The Morgan fingerprint density at radius 3 is 2.54 bits per heavy atom. The zero-order valence-electron chi connectivity index (χ0n) is 14.1. The van der Waals surface area contributed by atoms with Crippen LogP contribution in [0.15, 0.2) is 54.7 Å². The molecule has 1 aromatic heterocycles. The van der Waals surface area contributed by atoms with Gasteiger partial charge in [-0.15, -0.1) is 0 Å². The molecule has 0 radical (unpaired) electrons. The first-order valence-electron chi connectivity index (χ1n) is 8.73. The van der Waals surface area contributed by atoms with E-state index in [1.807, 2.05) is 42.6 Å². The maximum absolute atomic E-state index is 12.3. The number of rotatable bonds is 5. The highest BCUT2D eigenvalue weighted by Gasteiger charge is 2.32. The molecule has 1 amide bonds. The minimum Gasteiger partial charge on any atom is -0.359 e. The Morgan fingerprint density at radius 1 is 1.08 bits per heavy atom. The second kappa shape index (κ2) is 8.06. The number of nitrogens with one attached hydrogen (secondary N) is 2. The molecule has 4 heteroatoms. The van der Waals surface area contributed by atoms with Crippen LogP contribution >= 0.6 is 0 Å². The van der Waals surface area contributed by atoms with Gasteiger partial charge < -0.3 is 10.6 Å². The molecular weight excluding hydrogens is 298 g/mol. The van der Waals surface area contributed by atoms with E-state index in [1.54, 1.807) is 7.05 Å². The summed E-state index contributed by atoms with van der Waals surface area (Å²) in [5.41, 5.74) is 2.17. The van der Waals surface area contributed by atoms with Crippen molar-refractivity contribution in [2.75, 3.05) is 7.05 Å². The van der Waals surface area contributed by atoms with Gasteiger partial charge in [0.05, 0.1) is 17.7 Å². The Bertz CT molecular complexity index is 605. The number of pyridine rings is 1. The summed E-state index contributed by atoms with van der Waals surface area (Å²) in [6.45, 7) is 0. The van der Waals surface area contributed by atoms with E-state index in [4.69, 9.17) is 0 Å². The summed E-state index contributed by atoms with van der Waals surface area (Å²) >= 11 is 0. The Balaban J connectivity index is 1.87. The average Bonchev–Trinajstić information content (AvgIpc) is 2.67. The highest BCUT2D eigenvalue weighted by Crippen LogP contribution is 2.29. The van der Waals surface area contributed by atoms with E-state index < -0.39 is 0 Å². The highest BCUT2D eigenvalue weighted by atomic mass is 16.1. The molecule has 2 aromatic rings. The van der Waals surface area contributed by atoms with Crippen molar-refractivity contribution in [3.63, 3.8) is 0 Å². The number of hydrogen-bond acceptors (Lipinski definition) is 3. The van der Waals surface area contributed by atoms with Gasteiger partial charge in [-0.05, 0) is 30.5 Å². The third-order valence-electron chi connectivity index (χ3n) is 4.85. The van der Waals surface area contributed by atoms with Crippen molar-refractivity contribution >= 4 is 5.91 Å². The van der Waals surface area contributed by atoms with Gasteiger partial charge in [-0.25, -0.2) is 0 Å². The summed E-state index contributed by atoms with van der Waals surface area (Å²) < 4.78 is 0. The number of nitrogens with zero attached hydrogens (tertiary/aromatic N) is 1. The van der Waals surface area contributed by atoms with Crippen LogP contribution in [0.3, 0.4) is 0 Å². The molecule has 1 aliphatic carbocycles. The Morgan fingerprint density at radius 2 is 1.83 bits per heavy atom. The minimum atomic E-state index is 0.00246. The zero-order chi connectivity index (χ0) is 16.8. The molecule has 1 aliphatic rings. The number of hydrogen-bond donors (Lipinski definition) is 2. The van der Waals surface area contributed by atoms with Gasteiger partial charge in [-0.2, -0.15) is 0 Å². The van der Waals surface area contributed by atoms with Crippen molar-refractivity contribution in [2.45, 2.75) is 37.8 Å². The van der Waals surface area contributed by atoms with E-state index in [0.717, 1.165) is 31.4 Å². The second-order valence-electron chi connectivity index (χ2n) is 6.38. The lowest BCUT2D eigenvalue weighted by Gasteiger charge is -2.34. The van der Waals surface area contributed by atoms with E-state index in [9.17, 15) is 4.79 Å². The first-order valence-corrected chi connectivity index (χ1v) is 8.73. The molecule has 0 bridgehead atoms. The van der Waals surface area contributed by atoms with Crippen LogP contribution in [0, 0.1) is 5.92 Å². The molecular formula is C20H25N3O. The molecule has 1 saturated carbocycles. The fraction of sp³-hybridized carbons (Fsp3) is 0.400. The van der Waals surface area contributed by atoms with E-state index in [2.05, 4.69) is 27.8 Å². The van der Waals surface area contributed by atoms with Gasteiger partial charge >= 0.3 is 0 Å². The Kier molecular flexibility index (Phi) is 5.59. The molecule has 3 rings (SSSR count). The highest BCUT2D eigenvalue weighted by molar-refractivity contribution is 5.79. The second-order valence-corrected chi connectivity index (χ2v) is 6.38. The third kappa shape index (κ3) is 3.82. The van der Waals surface area contributed by atoms with Crippen molar-refractivity contribution in [2.24, 2.45) is 5.92 Å². The van der Waals surface area contributed by atoms with Gasteiger partial charge in [0, 0.05) is 19.3 Å². The van der Waals surface area contributed by atoms with Gasteiger partial charge in [0.15, 0.2) is 0 Å². The lowest BCUT2D eigenvalue weighted by molar-refractivity contribution is -0.126. The third-order valence-corrected chi connectivity index (χ3v) is 4.85. The molecule has 4 nitrogen and oxygen atoms in total. The van der Waals surface area contributed by atoms with Crippen molar-refractivity contribution in [3.05, 3.63) is 66.0 Å². The topological polar surface area (TPSA) is 54.0 Å². The SMILES string of the molecule is CNC(=O)[C@@H]1CCCC[C@@H]1N[C@H](c1ccccc1)c1ccccn1. The average molecular weight is 323 g/mol. The Labute approximate surface area is 143 Å². The molecule has 1 heterocycles. The summed E-state index contributed by atoms with van der Waals surface area (Å²) in [5, 5.41) is 6.55. The van der Waals surface area contributed by atoms with Crippen LogP contribution in [-0.2, 0) is 4.79 Å².